The van der Waals surface area contributed by atoms with Crippen molar-refractivity contribution in [2.45, 2.75) is 51.4 Å². The molecule has 104 valence electrons. The van der Waals surface area contributed by atoms with Crippen LogP contribution in [0.5, 0.6) is 0 Å². The molecule has 2 rings (SSSR count). The van der Waals surface area contributed by atoms with Crippen molar-refractivity contribution in [3.05, 3.63) is 30.1 Å². The zero-order valence-corrected chi connectivity index (χ0v) is 11.5. The fourth-order valence-corrected chi connectivity index (χ4v) is 2.74. The quantitative estimate of drug-likeness (QED) is 0.574. The molecule has 1 aliphatic carbocycles. The topological polar surface area (TPSA) is 39.2 Å². The van der Waals surface area contributed by atoms with Crippen LogP contribution in [0, 0.1) is 5.92 Å². The summed E-state index contributed by atoms with van der Waals surface area (Å²) in [5.74, 6) is 0.661. The van der Waals surface area contributed by atoms with E-state index in [1.165, 1.54) is 44.9 Å². The minimum Gasteiger partial charge on any atom is -0.462 e. The van der Waals surface area contributed by atoms with E-state index in [1.54, 1.807) is 24.5 Å². The maximum absolute atomic E-state index is 11.6. The summed E-state index contributed by atoms with van der Waals surface area (Å²) < 4.78 is 5.24. The Balaban J connectivity index is 1.55. The minimum atomic E-state index is -0.259. The Bertz CT molecular complexity index is 372. The number of hydrogen-bond donors (Lipinski definition) is 0. The molecule has 0 N–H and O–H groups in total. The highest BCUT2D eigenvalue weighted by Crippen LogP contribution is 2.27. The van der Waals surface area contributed by atoms with Crippen molar-refractivity contribution < 1.29 is 9.53 Å². The number of carbonyl (C=O) groups excluding carboxylic acids is 1. The standard InChI is InChI=1S/C16H23NO2/c18-16(15-10-6-11-17-13-15)19-12-5-4-9-14-7-2-1-3-8-14/h6,10-11,13-14H,1-5,7-9,12H2. The molecular formula is C16H23NO2. The SMILES string of the molecule is O=C(OCCCCC1CCCCC1)c1cccnc1. The fourth-order valence-electron chi connectivity index (χ4n) is 2.74. The number of nitrogens with zero attached hydrogens (tertiary/aromatic N) is 1. The Morgan fingerprint density at radius 3 is 2.84 bits per heavy atom. The van der Waals surface area contributed by atoms with E-state index in [1.807, 2.05) is 0 Å². The first kappa shape index (κ1) is 14.0. The van der Waals surface area contributed by atoms with Gasteiger partial charge in [0, 0.05) is 12.4 Å². The molecule has 0 bridgehead atoms. The monoisotopic (exact) mass is 261 g/mol. The predicted molar refractivity (Wildman–Crippen MR) is 74.9 cm³/mol. The normalized spacial score (nSPS) is 16.2. The van der Waals surface area contributed by atoms with Gasteiger partial charge in [-0.25, -0.2) is 4.79 Å². The molecule has 0 saturated heterocycles. The second-order valence-electron chi connectivity index (χ2n) is 5.38. The molecule has 0 atom stereocenters. The van der Waals surface area contributed by atoms with E-state index in [0.717, 1.165) is 12.3 Å². The van der Waals surface area contributed by atoms with Crippen LogP contribution in [0.1, 0.15) is 61.7 Å². The molecule has 3 nitrogen and oxygen atoms in total. The predicted octanol–water partition coefficient (Wildman–Crippen LogP) is 3.99. The van der Waals surface area contributed by atoms with E-state index >= 15 is 0 Å². The van der Waals surface area contributed by atoms with Crippen LogP contribution in [0.15, 0.2) is 24.5 Å². The summed E-state index contributed by atoms with van der Waals surface area (Å²) in [5.41, 5.74) is 0.537. The highest BCUT2D eigenvalue weighted by atomic mass is 16.5. The van der Waals surface area contributed by atoms with Gasteiger partial charge in [0.15, 0.2) is 0 Å². The molecule has 0 radical (unpaired) electrons. The summed E-state index contributed by atoms with van der Waals surface area (Å²) in [6.07, 6.45) is 13.7. The van der Waals surface area contributed by atoms with Crippen molar-refractivity contribution in [1.29, 1.82) is 0 Å². The molecular weight excluding hydrogens is 238 g/mol. The van der Waals surface area contributed by atoms with Crippen LogP contribution in [-0.2, 0) is 4.74 Å². The second kappa shape index (κ2) is 7.93. The molecule has 0 spiro atoms. The number of hydrogen-bond acceptors (Lipinski definition) is 3. The van der Waals surface area contributed by atoms with Crippen LogP contribution in [0.4, 0.5) is 0 Å². The Kier molecular flexibility index (Phi) is 5.86. The molecule has 0 aromatic carbocycles. The van der Waals surface area contributed by atoms with Gasteiger partial charge in [0.1, 0.15) is 0 Å². The molecule has 1 heterocycles. The largest absolute Gasteiger partial charge is 0.462 e. The zero-order chi connectivity index (χ0) is 13.3. The van der Waals surface area contributed by atoms with Crippen molar-refractivity contribution in [3.8, 4) is 0 Å². The van der Waals surface area contributed by atoms with E-state index in [2.05, 4.69) is 4.98 Å². The molecule has 19 heavy (non-hydrogen) atoms. The Hall–Kier alpha value is -1.38. The van der Waals surface area contributed by atoms with Crippen LogP contribution >= 0.6 is 0 Å². The molecule has 1 aromatic heterocycles. The number of rotatable bonds is 6. The maximum atomic E-state index is 11.6. The van der Waals surface area contributed by atoms with E-state index in [0.29, 0.717) is 12.2 Å². The minimum absolute atomic E-state index is 0.259. The van der Waals surface area contributed by atoms with Crippen molar-refractivity contribution >= 4 is 5.97 Å². The Morgan fingerprint density at radius 1 is 1.26 bits per heavy atom. The lowest BCUT2D eigenvalue weighted by Gasteiger charge is -2.21. The summed E-state index contributed by atoms with van der Waals surface area (Å²) in [4.78, 5) is 15.6. The second-order valence-corrected chi connectivity index (χ2v) is 5.38. The number of aromatic nitrogens is 1. The average molecular weight is 261 g/mol. The third kappa shape index (κ3) is 5.01. The molecule has 0 amide bonds. The van der Waals surface area contributed by atoms with Crippen molar-refractivity contribution in [1.82, 2.24) is 4.98 Å². The fraction of sp³-hybridized carbons (Fsp3) is 0.625. The van der Waals surface area contributed by atoms with Crippen molar-refractivity contribution in [2.24, 2.45) is 5.92 Å². The summed E-state index contributed by atoms with van der Waals surface area (Å²) >= 11 is 0. The zero-order valence-electron chi connectivity index (χ0n) is 11.5. The van der Waals surface area contributed by atoms with Crippen LogP contribution < -0.4 is 0 Å². The highest BCUT2D eigenvalue weighted by Gasteiger charge is 2.12. The highest BCUT2D eigenvalue weighted by molar-refractivity contribution is 5.88. The van der Waals surface area contributed by atoms with E-state index < -0.39 is 0 Å². The van der Waals surface area contributed by atoms with Crippen molar-refractivity contribution in [3.63, 3.8) is 0 Å². The third-order valence-electron chi connectivity index (χ3n) is 3.86. The molecule has 1 aliphatic rings. The van der Waals surface area contributed by atoms with Gasteiger partial charge in [0.25, 0.3) is 0 Å². The number of unbranched alkanes of at least 4 members (excludes halogenated alkanes) is 1. The molecule has 0 aliphatic heterocycles. The average Bonchev–Trinajstić information content (AvgIpc) is 2.49. The van der Waals surface area contributed by atoms with Gasteiger partial charge in [-0.1, -0.05) is 38.5 Å². The van der Waals surface area contributed by atoms with Gasteiger partial charge in [-0.3, -0.25) is 4.98 Å². The number of pyridine rings is 1. The first-order valence-corrected chi connectivity index (χ1v) is 7.43. The first-order chi connectivity index (χ1) is 9.36. The van der Waals surface area contributed by atoms with E-state index in [4.69, 9.17) is 4.74 Å². The van der Waals surface area contributed by atoms with Crippen LogP contribution in [-0.4, -0.2) is 17.6 Å². The molecule has 1 fully saturated rings. The van der Waals surface area contributed by atoms with Crippen LogP contribution in [0.3, 0.4) is 0 Å². The van der Waals surface area contributed by atoms with Gasteiger partial charge >= 0.3 is 5.97 Å². The van der Waals surface area contributed by atoms with E-state index in [-0.39, 0.29) is 5.97 Å². The van der Waals surface area contributed by atoms with Crippen molar-refractivity contribution in [2.75, 3.05) is 6.61 Å². The van der Waals surface area contributed by atoms with Gasteiger partial charge in [-0.15, -0.1) is 0 Å². The van der Waals surface area contributed by atoms with Gasteiger partial charge in [0.05, 0.1) is 12.2 Å². The summed E-state index contributed by atoms with van der Waals surface area (Å²) in [7, 11) is 0. The number of ether oxygens (including phenoxy) is 1. The molecule has 1 aromatic rings. The van der Waals surface area contributed by atoms with Gasteiger partial charge < -0.3 is 4.74 Å². The maximum Gasteiger partial charge on any atom is 0.339 e. The number of esters is 1. The molecule has 1 saturated carbocycles. The van der Waals surface area contributed by atoms with Crippen LogP contribution in [0.2, 0.25) is 0 Å². The first-order valence-electron chi connectivity index (χ1n) is 7.43. The molecule has 3 heteroatoms. The molecule has 0 unspecified atom stereocenters. The number of carbonyl (C=O) groups is 1. The Labute approximate surface area is 115 Å². The lowest BCUT2D eigenvalue weighted by atomic mass is 9.86. The third-order valence-corrected chi connectivity index (χ3v) is 3.86. The Morgan fingerprint density at radius 2 is 2.11 bits per heavy atom. The van der Waals surface area contributed by atoms with Gasteiger partial charge in [-0.05, 0) is 30.9 Å². The summed E-state index contributed by atoms with van der Waals surface area (Å²) in [6.45, 7) is 0.528. The summed E-state index contributed by atoms with van der Waals surface area (Å²) in [6, 6.07) is 3.48. The smallest absolute Gasteiger partial charge is 0.339 e. The van der Waals surface area contributed by atoms with Gasteiger partial charge in [0.2, 0.25) is 0 Å². The lowest BCUT2D eigenvalue weighted by Crippen LogP contribution is -2.08. The van der Waals surface area contributed by atoms with Gasteiger partial charge in [-0.2, -0.15) is 0 Å². The lowest BCUT2D eigenvalue weighted by molar-refractivity contribution is 0.0495. The summed E-state index contributed by atoms with van der Waals surface area (Å²) in [5, 5.41) is 0. The van der Waals surface area contributed by atoms with Crippen LogP contribution in [0.25, 0.3) is 0 Å². The van der Waals surface area contributed by atoms with E-state index in [9.17, 15) is 4.79 Å².